The van der Waals surface area contributed by atoms with Crippen molar-refractivity contribution in [2.75, 3.05) is 26.4 Å². The minimum atomic E-state index is -4.77. The van der Waals surface area contributed by atoms with Gasteiger partial charge in [0.1, 0.15) is 12.7 Å². The molecule has 0 fully saturated rings. The quantitative estimate of drug-likeness (QED) is 0.0197. The SMILES string of the molecule is CC/C=C\C/C=C\C/C=C\C/C=C\CCCCC(=O)OC(CO)COP(=O)(O)OCC(COC(=O)CCCCCCCCC/C=C\CCCCCCCC)OC(=O)CCCCCCCCCCC/C=C\C/C=C\CCCCC. The largest absolute Gasteiger partial charge is 0.472 e. The molecule has 2 N–H and O–H groups in total. The lowest BCUT2D eigenvalue weighted by Gasteiger charge is -2.21. The van der Waals surface area contributed by atoms with E-state index in [0.29, 0.717) is 19.3 Å². The lowest BCUT2D eigenvalue weighted by atomic mass is 10.1. The number of hydrogen-bond donors (Lipinski definition) is 2. The zero-order valence-electron chi connectivity index (χ0n) is 49.9. The molecule has 3 atom stereocenters. The van der Waals surface area contributed by atoms with E-state index in [4.69, 9.17) is 23.3 Å². The van der Waals surface area contributed by atoms with Crippen LogP contribution in [0, 0.1) is 0 Å². The van der Waals surface area contributed by atoms with Gasteiger partial charge in [-0.3, -0.25) is 23.4 Å². The molecule has 0 spiro atoms. The first-order valence-corrected chi connectivity index (χ1v) is 33.0. The molecule has 0 rings (SSSR count). The molecule has 0 aromatic carbocycles. The summed E-state index contributed by atoms with van der Waals surface area (Å²) in [6, 6.07) is 0. The van der Waals surface area contributed by atoms with Crippen LogP contribution in [0.1, 0.15) is 278 Å². The molecule has 12 heteroatoms. The summed E-state index contributed by atoms with van der Waals surface area (Å²) < 4.78 is 39.6. The summed E-state index contributed by atoms with van der Waals surface area (Å²) in [5.74, 6) is -1.51. The van der Waals surface area contributed by atoms with E-state index >= 15 is 0 Å². The normalized spacial score (nSPS) is 13.9. The summed E-state index contributed by atoms with van der Waals surface area (Å²) in [6.45, 7) is 4.47. The summed E-state index contributed by atoms with van der Waals surface area (Å²) >= 11 is 0. The molecule has 0 aliphatic heterocycles. The number of carbonyl (C=O) groups is 3. The Balaban J connectivity index is 4.76. The van der Waals surface area contributed by atoms with Crippen molar-refractivity contribution < 1.29 is 52.2 Å². The molecule has 0 aromatic heterocycles. The highest BCUT2D eigenvalue weighted by molar-refractivity contribution is 7.47. The van der Waals surface area contributed by atoms with Crippen LogP contribution in [0.3, 0.4) is 0 Å². The van der Waals surface area contributed by atoms with Gasteiger partial charge < -0.3 is 24.2 Å². The Bertz CT molecular complexity index is 1630. The van der Waals surface area contributed by atoms with Crippen LogP contribution in [0.2, 0.25) is 0 Å². The molecule has 78 heavy (non-hydrogen) atoms. The minimum Gasteiger partial charge on any atom is -0.462 e. The average molecular weight is 1120 g/mol. The fourth-order valence-electron chi connectivity index (χ4n) is 8.49. The van der Waals surface area contributed by atoms with Gasteiger partial charge in [-0.25, -0.2) is 4.57 Å². The topological polar surface area (TPSA) is 155 Å². The van der Waals surface area contributed by atoms with Gasteiger partial charge in [0.05, 0.1) is 19.8 Å². The summed E-state index contributed by atoms with van der Waals surface area (Å²) in [7, 11) is -4.77. The fourth-order valence-corrected chi connectivity index (χ4v) is 9.27. The monoisotopic (exact) mass is 1110 g/mol. The van der Waals surface area contributed by atoms with Gasteiger partial charge in [0, 0.05) is 19.3 Å². The third-order valence-electron chi connectivity index (χ3n) is 13.3. The van der Waals surface area contributed by atoms with E-state index < -0.39 is 57.8 Å². The lowest BCUT2D eigenvalue weighted by Crippen LogP contribution is -2.30. The number of hydrogen-bond acceptors (Lipinski definition) is 10. The number of carbonyl (C=O) groups excluding carboxylic acids is 3. The van der Waals surface area contributed by atoms with Gasteiger partial charge in [0.25, 0.3) is 0 Å². The average Bonchev–Trinajstić information content (AvgIpc) is 3.43. The van der Waals surface area contributed by atoms with E-state index in [1.807, 2.05) is 0 Å². The molecule has 0 amide bonds. The predicted molar refractivity (Wildman–Crippen MR) is 325 cm³/mol. The second-order valence-electron chi connectivity index (χ2n) is 20.8. The molecule has 450 valence electrons. The van der Waals surface area contributed by atoms with Crippen molar-refractivity contribution in [1.29, 1.82) is 0 Å². The molecule has 0 aliphatic carbocycles. The first kappa shape index (κ1) is 74.7. The van der Waals surface area contributed by atoms with Crippen LogP contribution in [0.5, 0.6) is 0 Å². The maximum absolute atomic E-state index is 13.0. The second kappa shape index (κ2) is 59.8. The molecular weight excluding hydrogens is 1000 g/mol. The summed E-state index contributed by atoms with van der Waals surface area (Å²) in [5, 5.41) is 9.83. The Morgan fingerprint density at radius 3 is 1.09 bits per heavy atom. The Morgan fingerprint density at radius 2 is 0.667 bits per heavy atom. The Labute approximate surface area is 477 Å². The van der Waals surface area contributed by atoms with Crippen LogP contribution in [0.15, 0.2) is 85.1 Å². The summed E-state index contributed by atoms with van der Waals surface area (Å²) in [6.07, 6.45) is 69.6. The van der Waals surface area contributed by atoms with E-state index in [1.165, 1.54) is 122 Å². The van der Waals surface area contributed by atoms with Crippen molar-refractivity contribution >= 4 is 25.7 Å². The molecule has 0 radical (unpaired) electrons. The second-order valence-corrected chi connectivity index (χ2v) is 22.3. The third-order valence-corrected chi connectivity index (χ3v) is 14.2. The van der Waals surface area contributed by atoms with Crippen molar-refractivity contribution in [1.82, 2.24) is 0 Å². The molecule has 0 saturated carbocycles. The minimum absolute atomic E-state index is 0.122. The number of ether oxygens (including phenoxy) is 3. The van der Waals surface area contributed by atoms with Crippen LogP contribution in [0.4, 0.5) is 0 Å². The van der Waals surface area contributed by atoms with Gasteiger partial charge in [-0.1, -0.05) is 228 Å². The molecule has 0 heterocycles. The number of aliphatic hydroxyl groups is 1. The summed E-state index contributed by atoms with van der Waals surface area (Å²) in [5.41, 5.74) is 0. The van der Waals surface area contributed by atoms with Crippen LogP contribution in [-0.4, -0.2) is 66.5 Å². The highest BCUT2D eigenvalue weighted by Gasteiger charge is 2.28. The summed E-state index contributed by atoms with van der Waals surface area (Å²) in [4.78, 5) is 48.7. The zero-order chi connectivity index (χ0) is 56.9. The van der Waals surface area contributed by atoms with Gasteiger partial charge in [0.2, 0.25) is 0 Å². The maximum Gasteiger partial charge on any atom is 0.472 e. The van der Waals surface area contributed by atoms with Gasteiger partial charge in [-0.2, -0.15) is 0 Å². The number of unbranched alkanes of at least 4 members (excludes halogenated alkanes) is 27. The van der Waals surface area contributed by atoms with Gasteiger partial charge in [0.15, 0.2) is 6.10 Å². The molecule has 11 nitrogen and oxygen atoms in total. The Hall–Kier alpha value is -3.34. The van der Waals surface area contributed by atoms with Crippen molar-refractivity contribution in [3.63, 3.8) is 0 Å². The fraction of sp³-hybridized carbons (Fsp3) is 0.742. The van der Waals surface area contributed by atoms with E-state index in [0.717, 1.165) is 96.3 Å². The Kier molecular flexibility index (Phi) is 57.2. The van der Waals surface area contributed by atoms with Gasteiger partial charge >= 0.3 is 25.7 Å². The van der Waals surface area contributed by atoms with E-state index in [2.05, 4.69) is 106 Å². The molecule has 0 saturated heterocycles. The number of aliphatic hydroxyl groups excluding tert-OH is 1. The first-order chi connectivity index (χ1) is 38.2. The highest BCUT2D eigenvalue weighted by Crippen LogP contribution is 2.43. The van der Waals surface area contributed by atoms with Gasteiger partial charge in [-0.05, 0) is 116 Å². The van der Waals surface area contributed by atoms with Gasteiger partial charge in [-0.15, -0.1) is 0 Å². The number of allylic oxidation sites excluding steroid dienone is 14. The van der Waals surface area contributed by atoms with Crippen LogP contribution >= 0.6 is 7.82 Å². The number of esters is 3. The molecule has 0 bridgehead atoms. The van der Waals surface area contributed by atoms with E-state index in [1.54, 1.807) is 0 Å². The Morgan fingerprint density at radius 1 is 0.372 bits per heavy atom. The lowest BCUT2D eigenvalue weighted by molar-refractivity contribution is -0.161. The van der Waals surface area contributed by atoms with E-state index in [9.17, 15) is 28.9 Å². The van der Waals surface area contributed by atoms with Crippen molar-refractivity contribution in [3.05, 3.63) is 85.1 Å². The smallest absolute Gasteiger partial charge is 0.462 e. The van der Waals surface area contributed by atoms with Crippen molar-refractivity contribution in [2.24, 2.45) is 0 Å². The number of phosphoric acid groups is 1. The van der Waals surface area contributed by atoms with Crippen LogP contribution in [-0.2, 0) is 42.2 Å². The first-order valence-electron chi connectivity index (χ1n) is 31.5. The molecule has 0 aliphatic rings. The van der Waals surface area contributed by atoms with Crippen molar-refractivity contribution in [3.8, 4) is 0 Å². The van der Waals surface area contributed by atoms with Crippen molar-refractivity contribution in [2.45, 2.75) is 290 Å². The van der Waals surface area contributed by atoms with Crippen LogP contribution in [0.25, 0.3) is 0 Å². The number of phosphoric ester groups is 1. The van der Waals surface area contributed by atoms with E-state index in [-0.39, 0.29) is 25.9 Å². The maximum atomic E-state index is 13.0. The predicted octanol–water partition coefficient (Wildman–Crippen LogP) is 19.0. The third kappa shape index (κ3) is 57.3. The number of rotatable bonds is 58. The highest BCUT2D eigenvalue weighted by atomic mass is 31.2. The standard InChI is InChI=1S/C66H115O11P/c1-4-7-10-13-16-19-22-25-28-30-31-33-36-39-42-45-48-51-54-57-66(70)77-63(59-73-64(68)55-52-49-46-43-40-37-35-32-29-26-23-20-17-14-11-8-5-2)61-75-78(71,72)74-60-62(58-67)76-65(69)56-53-50-47-44-41-38-34-27-24-21-18-15-12-9-6-3/h9,12,16,18-19,21,25-29,34,41,44,62-63,67H,4-8,10-11,13-15,17,20,22-24,30-33,35-40,42-43,45-61H2,1-3H3,(H,71,72)/b12-9-,19-16-,21-18-,28-25-,29-26-,34-27-,44-41-. The zero-order valence-corrected chi connectivity index (χ0v) is 50.8. The molecular formula is C66H115O11P. The van der Waals surface area contributed by atoms with Crippen LogP contribution < -0.4 is 0 Å². The molecule has 0 aromatic rings. The molecule has 3 unspecified atom stereocenters.